The lowest BCUT2D eigenvalue weighted by atomic mass is 10.1. The number of ether oxygens (including phenoxy) is 1. The second kappa shape index (κ2) is 5.98. The highest BCUT2D eigenvalue weighted by atomic mass is 16.5. The Morgan fingerprint density at radius 1 is 1.20 bits per heavy atom. The zero-order valence-electron chi connectivity index (χ0n) is 11.6. The number of nitrogens with two attached hydrogens (primary N) is 1. The van der Waals surface area contributed by atoms with Gasteiger partial charge in [-0.1, -0.05) is 24.3 Å². The van der Waals surface area contributed by atoms with Crippen molar-refractivity contribution in [3.8, 4) is 11.8 Å². The number of benzene rings is 2. The molecular formula is C16H17N3O. The van der Waals surface area contributed by atoms with Crippen molar-refractivity contribution >= 4 is 11.4 Å². The van der Waals surface area contributed by atoms with Gasteiger partial charge >= 0.3 is 0 Å². The highest BCUT2D eigenvalue weighted by Crippen LogP contribution is 2.28. The molecule has 0 fully saturated rings. The molecule has 0 saturated heterocycles. The Labute approximate surface area is 119 Å². The van der Waals surface area contributed by atoms with Gasteiger partial charge < -0.3 is 15.4 Å². The predicted octanol–water partition coefficient (Wildman–Crippen LogP) is 2.79. The number of para-hydroxylation sites is 2. The lowest BCUT2D eigenvalue weighted by molar-refractivity contribution is 0.409. The summed E-state index contributed by atoms with van der Waals surface area (Å²) in [7, 11) is 3.60. The normalized spacial score (nSPS) is 9.85. The Hall–Kier alpha value is -2.67. The van der Waals surface area contributed by atoms with Gasteiger partial charge in [-0.25, -0.2) is 0 Å². The van der Waals surface area contributed by atoms with E-state index in [-0.39, 0.29) is 0 Å². The van der Waals surface area contributed by atoms with Crippen LogP contribution in [-0.2, 0) is 6.54 Å². The fourth-order valence-electron chi connectivity index (χ4n) is 2.16. The Bertz CT molecular complexity index is 646. The monoisotopic (exact) mass is 267 g/mol. The molecule has 0 radical (unpaired) electrons. The molecule has 4 nitrogen and oxygen atoms in total. The highest BCUT2D eigenvalue weighted by molar-refractivity contribution is 5.73. The van der Waals surface area contributed by atoms with Gasteiger partial charge in [0, 0.05) is 19.2 Å². The van der Waals surface area contributed by atoms with Gasteiger partial charge in [-0.05, 0) is 18.2 Å². The molecule has 2 N–H and O–H groups in total. The molecule has 0 aliphatic rings. The molecule has 0 aromatic heterocycles. The minimum atomic E-state index is 0.495. The first-order valence-electron chi connectivity index (χ1n) is 6.29. The number of rotatable bonds is 4. The molecular weight excluding hydrogens is 250 g/mol. The van der Waals surface area contributed by atoms with Gasteiger partial charge in [0.1, 0.15) is 11.8 Å². The topological polar surface area (TPSA) is 62.3 Å². The SMILES string of the molecule is COc1ccccc1CN(C)c1cccc(C#N)c1N. The standard InChI is InChI=1S/C16H17N3O/c1-19(11-13-6-3-4-9-15(13)20-2)14-8-5-7-12(10-17)16(14)18/h3-9H,11,18H2,1-2H3. The summed E-state index contributed by atoms with van der Waals surface area (Å²) in [5.74, 6) is 0.842. The van der Waals surface area contributed by atoms with Gasteiger partial charge in [-0.15, -0.1) is 0 Å². The van der Waals surface area contributed by atoms with Crippen LogP contribution in [-0.4, -0.2) is 14.2 Å². The minimum absolute atomic E-state index is 0.495. The van der Waals surface area contributed by atoms with Gasteiger partial charge in [0.15, 0.2) is 0 Å². The summed E-state index contributed by atoms with van der Waals surface area (Å²) in [6, 6.07) is 15.4. The van der Waals surface area contributed by atoms with E-state index in [1.165, 1.54) is 0 Å². The van der Waals surface area contributed by atoms with E-state index in [1.807, 2.05) is 48.3 Å². The Morgan fingerprint density at radius 3 is 2.65 bits per heavy atom. The summed E-state index contributed by atoms with van der Waals surface area (Å²) in [6.07, 6.45) is 0. The summed E-state index contributed by atoms with van der Waals surface area (Å²) < 4.78 is 5.35. The molecule has 0 aliphatic carbocycles. The first-order valence-corrected chi connectivity index (χ1v) is 6.29. The molecule has 0 heterocycles. The fraction of sp³-hybridized carbons (Fsp3) is 0.188. The van der Waals surface area contributed by atoms with Crippen LogP contribution < -0.4 is 15.4 Å². The van der Waals surface area contributed by atoms with Gasteiger partial charge in [0.05, 0.1) is 24.0 Å². The second-order valence-corrected chi connectivity index (χ2v) is 4.52. The van der Waals surface area contributed by atoms with Crippen molar-refractivity contribution in [2.45, 2.75) is 6.54 Å². The summed E-state index contributed by atoms with van der Waals surface area (Å²) in [4.78, 5) is 2.01. The molecule has 0 amide bonds. The third-order valence-electron chi connectivity index (χ3n) is 3.21. The van der Waals surface area contributed by atoms with Crippen molar-refractivity contribution < 1.29 is 4.74 Å². The molecule has 0 aliphatic heterocycles. The van der Waals surface area contributed by atoms with E-state index in [4.69, 9.17) is 15.7 Å². The first-order chi connectivity index (χ1) is 9.67. The molecule has 0 spiro atoms. The molecule has 0 atom stereocenters. The highest BCUT2D eigenvalue weighted by Gasteiger charge is 2.11. The molecule has 2 aromatic carbocycles. The molecule has 20 heavy (non-hydrogen) atoms. The van der Waals surface area contributed by atoms with Crippen LogP contribution in [0.3, 0.4) is 0 Å². The first kappa shape index (κ1) is 13.8. The molecule has 2 rings (SSSR count). The van der Waals surface area contributed by atoms with E-state index in [1.54, 1.807) is 13.2 Å². The van der Waals surface area contributed by atoms with Crippen LogP contribution in [0.25, 0.3) is 0 Å². The molecule has 0 unspecified atom stereocenters. The minimum Gasteiger partial charge on any atom is -0.496 e. The zero-order valence-corrected chi connectivity index (χ0v) is 11.6. The second-order valence-electron chi connectivity index (χ2n) is 4.52. The van der Waals surface area contributed by atoms with E-state index in [9.17, 15) is 0 Å². The summed E-state index contributed by atoms with van der Waals surface area (Å²) in [5.41, 5.74) is 8.94. The number of anilines is 2. The van der Waals surface area contributed by atoms with E-state index in [0.29, 0.717) is 17.8 Å². The number of hydrogen-bond acceptors (Lipinski definition) is 4. The number of methoxy groups -OCH3 is 1. The fourth-order valence-corrected chi connectivity index (χ4v) is 2.16. The molecule has 2 aromatic rings. The average Bonchev–Trinajstić information content (AvgIpc) is 2.48. The van der Waals surface area contributed by atoms with Crippen LogP contribution in [0.4, 0.5) is 11.4 Å². The average molecular weight is 267 g/mol. The van der Waals surface area contributed by atoms with E-state index >= 15 is 0 Å². The van der Waals surface area contributed by atoms with Gasteiger partial charge in [0.2, 0.25) is 0 Å². The van der Waals surface area contributed by atoms with Gasteiger partial charge in [-0.2, -0.15) is 5.26 Å². The van der Waals surface area contributed by atoms with Crippen LogP contribution in [0.1, 0.15) is 11.1 Å². The van der Waals surface area contributed by atoms with Crippen LogP contribution in [0.15, 0.2) is 42.5 Å². The Balaban J connectivity index is 2.29. The van der Waals surface area contributed by atoms with Crippen LogP contribution >= 0.6 is 0 Å². The van der Waals surface area contributed by atoms with E-state index in [2.05, 4.69) is 6.07 Å². The molecule has 4 heteroatoms. The number of nitrogens with zero attached hydrogens (tertiary/aromatic N) is 2. The van der Waals surface area contributed by atoms with Crippen molar-refractivity contribution in [3.63, 3.8) is 0 Å². The van der Waals surface area contributed by atoms with E-state index < -0.39 is 0 Å². The van der Waals surface area contributed by atoms with Crippen LogP contribution in [0, 0.1) is 11.3 Å². The summed E-state index contributed by atoms with van der Waals surface area (Å²) in [5, 5.41) is 9.03. The maximum absolute atomic E-state index is 9.03. The largest absolute Gasteiger partial charge is 0.496 e. The van der Waals surface area contributed by atoms with Crippen molar-refractivity contribution in [2.24, 2.45) is 0 Å². The number of nitrogen functional groups attached to an aromatic ring is 1. The lowest BCUT2D eigenvalue weighted by Gasteiger charge is -2.22. The zero-order chi connectivity index (χ0) is 14.5. The smallest absolute Gasteiger partial charge is 0.123 e. The number of nitriles is 1. The lowest BCUT2D eigenvalue weighted by Crippen LogP contribution is -2.18. The molecule has 0 saturated carbocycles. The summed E-state index contributed by atoms with van der Waals surface area (Å²) >= 11 is 0. The predicted molar refractivity (Wildman–Crippen MR) is 80.7 cm³/mol. The van der Waals surface area contributed by atoms with Crippen molar-refractivity contribution in [1.29, 1.82) is 5.26 Å². The van der Waals surface area contributed by atoms with Crippen molar-refractivity contribution in [3.05, 3.63) is 53.6 Å². The third-order valence-corrected chi connectivity index (χ3v) is 3.21. The van der Waals surface area contributed by atoms with Gasteiger partial charge in [0.25, 0.3) is 0 Å². The van der Waals surface area contributed by atoms with Crippen LogP contribution in [0.5, 0.6) is 5.75 Å². The van der Waals surface area contributed by atoms with Crippen LogP contribution in [0.2, 0.25) is 0 Å². The Kier molecular flexibility index (Phi) is 4.11. The van der Waals surface area contributed by atoms with Gasteiger partial charge in [-0.3, -0.25) is 0 Å². The summed E-state index contributed by atoms with van der Waals surface area (Å²) in [6.45, 7) is 0.656. The third kappa shape index (κ3) is 2.67. The number of hydrogen-bond donors (Lipinski definition) is 1. The maximum atomic E-state index is 9.03. The van der Waals surface area contributed by atoms with E-state index in [0.717, 1.165) is 17.0 Å². The van der Waals surface area contributed by atoms with Crippen molar-refractivity contribution in [2.75, 3.05) is 24.8 Å². The Morgan fingerprint density at radius 2 is 1.95 bits per heavy atom. The maximum Gasteiger partial charge on any atom is 0.123 e. The van der Waals surface area contributed by atoms with Crippen molar-refractivity contribution in [1.82, 2.24) is 0 Å². The molecule has 102 valence electrons. The molecule has 0 bridgehead atoms. The quantitative estimate of drug-likeness (QED) is 0.865.